The van der Waals surface area contributed by atoms with Gasteiger partial charge in [0.05, 0.1) is 17.8 Å². The van der Waals surface area contributed by atoms with Crippen molar-refractivity contribution >= 4 is 17.5 Å². The van der Waals surface area contributed by atoms with E-state index in [4.69, 9.17) is 20.5 Å². The lowest BCUT2D eigenvalue weighted by atomic mass is 10.2. The van der Waals surface area contributed by atoms with E-state index in [-0.39, 0.29) is 5.91 Å². The molecule has 0 saturated carbocycles. The molecule has 0 atom stereocenters. The number of hydrogen-bond donors (Lipinski definition) is 1. The fraction of sp³-hybridized carbons (Fsp3) is 0.235. The fourth-order valence-electron chi connectivity index (χ4n) is 2.20. The predicted octanol–water partition coefficient (Wildman–Crippen LogP) is 3.62. The van der Waals surface area contributed by atoms with Crippen LogP contribution in [0.3, 0.4) is 0 Å². The molecule has 2 aromatic heterocycles. The summed E-state index contributed by atoms with van der Waals surface area (Å²) < 4.78 is 10.4. The van der Waals surface area contributed by atoms with Gasteiger partial charge in [0, 0.05) is 18.4 Å². The molecule has 0 aliphatic rings. The quantitative estimate of drug-likeness (QED) is 0.707. The van der Waals surface area contributed by atoms with Crippen molar-refractivity contribution in [1.82, 2.24) is 15.5 Å². The highest BCUT2D eigenvalue weighted by atomic mass is 35.5. The number of amides is 1. The molecule has 1 amide bonds. The maximum Gasteiger partial charge on any atom is 0.226 e. The Morgan fingerprint density at radius 2 is 2.08 bits per heavy atom. The highest BCUT2D eigenvalue weighted by molar-refractivity contribution is 6.33. The number of carbonyl (C=O) groups excluding carboxylic acids is 1. The summed E-state index contributed by atoms with van der Waals surface area (Å²) in [5, 5.41) is 7.30. The van der Waals surface area contributed by atoms with E-state index >= 15 is 0 Å². The summed E-state index contributed by atoms with van der Waals surface area (Å²) >= 11 is 6.11. The van der Waals surface area contributed by atoms with Gasteiger partial charge in [-0.2, -0.15) is 4.98 Å². The van der Waals surface area contributed by atoms with E-state index in [1.807, 2.05) is 24.3 Å². The lowest BCUT2D eigenvalue weighted by Crippen LogP contribution is -2.22. The number of nitrogens with one attached hydrogen (secondary N) is 1. The van der Waals surface area contributed by atoms with E-state index in [1.54, 1.807) is 18.4 Å². The van der Waals surface area contributed by atoms with Crippen LogP contribution in [0, 0.1) is 0 Å². The second-order valence-electron chi connectivity index (χ2n) is 5.20. The summed E-state index contributed by atoms with van der Waals surface area (Å²) in [7, 11) is 0. The van der Waals surface area contributed by atoms with Crippen molar-refractivity contribution in [3.8, 4) is 11.4 Å². The minimum Gasteiger partial charge on any atom is -0.467 e. The van der Waals surface area contributed by atoms with Crippen molar-refractivity contribution in [2.24, 2.45) is 0 Å². The highest BCUT2D eigenvalue weighted by Gasteiger charge is 2.12. The summed E-state index contributed by atoms with van der Waals surface area (Å²) in [4.78, 5) is 16.1. The van der Waals surface area contributed by atoms with Crippen LogP contribution < -0.4 is 5.32 Å². The Bertz CT molecular complexity index is 799. The van der Waals surface area contributed by atoms with Crippen LogP contribution in [-0.4, -0.2) is 16.0 Å². The number of nitrogens with zero attached hydrogens (tertiary/aromatic N) is 2. The van der Waals surface area contributed by atoms with Crippen molar-refractivity contribution in [3.05, 3.63) is 59.3 Å². The van der Waals surface area contributed by atoms with Crippen LogP contribution in [0.5, 0.6) is 0 Å². The predicted molar refractivity (Wildman–Crippen MR) is 88.2 cm³/mol. The zero-order valence-corrected chi connectivity index (χ0v) is 13.6. The Kier molecular flexibility index (Phi) is 5.28. The minimum atomic E-state index is -0.0442. The van der Waals surface area contributed by atoms with E-state index in [1.165, 1.54) is 0 Å². The Morgan fingerprint density at radius 3 is 2.88 bits per heavy atom. The topological polar surface area (TPSA) is 81.2 Å². The summed E-state index contributed by atoms with van der Waals surface area (Å²) in [6, 6.07) is 10.9. The molecule has 6 nitrogen and oxygen atoms in total. The Morgan fingerprint density at radius 1 is 1.21 bits per heavy atom. The van der Waals surface area contributed by atoms with Crippen LogP contribution in [-0.2, 0) is 17.8 Å². The molecule has 0 saturated heterocycles. The number of carbonyl (C=O) groups is 1. The number of rotatable bonds is 7. The van der Waals surface area contributed by atoms with Gasteiger partial charge >= 0.3 is 0 Å². The van der Waals surface area contributed by atoms with Crippen molar-refractivity contribution in [2.75, 3.05) is 0 Å². The maximum absolute atomic E-state index is 11.8. The molecule has 24 heavy (non-hydrogen) atoms. The van der Waals surface area contributed by atoms with Crippen LogP contribution in [0.2, 0.25) is 5.02 Å². The molecule has 1 aromatic carbocycles. The van der Waals surface area contributed by atoms with Crippen molar-refractivity contribution < 1.29 is 13.7 Å². The van der Waals surface area contributed by atoms with Gasteiger partial charge < -0.3 is 14.3 Å². The van der Waals surface area contributed by atoms with Gasteiger partial charge in [0.25, 0.3) is 0 Å². The largest absolute Gasteiger partial charge is 0.467 e. The van der Waals surface area contributed by atoms with Crippen molar-refractivity contribution in [2.45, 2.75) is 25.8 Å². The van der Waals surface area contributed by atoms with E-state index in [2.05, 4.69) is 15.5 Å². The number of halogens is 1. The minimum absolute atomic E-state index is 0.0442. The van der Waals surface area contributed by atoms with Crippen LogP contribution >= 0.6 is 11.6 Å². The third kappa shape index (κ3) is 4.23. The molecule has 3 aromatic rings. The second kappa shape index (κ2) is 7.79. The smallest absolute Gasteiger partial charge is 0.226 e. The fourth-order valence-corrected chi connectivity index (χ4v) is 2.42. The molecule has 3 rings (SSSR count). The van der Waals surface area contributed by atoms with Crippen LogP contribution in [0.4, 0.5) is 0 Å². The first kappa shape index (κ1) is 16.3. The van der Waals surface area contributed by atoms with Gasteiger partial charge in [-0.05, 0) is 30.7 Å². The van der Waals surface area contributed by atoms with E-state index in [9.17, 15) is 4.79 Å². The van der Waals surface area contributed by atoms with Gasteiger partial charge in [0.2, 0.25) is 17.6 Å². The number of furan rings is 1. The molecule has 0 fully saturated rings. The van der Waals surface area contributed by atoms with Gasteiger partial charge in [-0.25, -0.2) is 0 Å². The second-order valence-corrected chi connectivity index (χ2v) is 5.61. The van der Waals surface area contributed by atoms with Gasteiger partial charge in [-0.15, -0.1) is 0 Å². The third-order valence-electron chi connectivity index (χ3n) is 3.42. The molecule has 0 aliphatic carbocycles. The average Bonchev–Trinajstić information content (AvgIpc) is 3.25. The Balaban J connectivity index is 1.46. The summed E-state index contributed by atoms with van der Waals surface area (Å²) in [5.41, 5.74) is 0.727. The van der Waals surface area contributed by atoms with Crippen LogP contribution in [0.1, 0.15) is 24.5 Å². The lowest BCUT2D eigenvalue weighted by molar-refractivity contribution is -0.121. The van der Waals surface area contributed by atoms with Crippen molar-refractivity contribution in [1.29, 1.82) is 0 Å². The summed E-state index contributed by atoms with van der Waals surface area (Å²) in [6.07, 6.45) is 3.11. The molecule has 7 heteroatoms. The molecule has 0 aliphatic heterocycles. The van der Waals surface area contributed by atoms with Gasteiger partial charge in [-0.1, -0.05) is 28.9 Å². The maximum atomic E-state index is 11.8. The number of aromatic nitrogens is 2. The molecule has 0 bridgehead atoms. The molecular formula is C17H16ClN3O3. The first-order valence-electron chi connectivity index (χ1n) is 7.59. The number of benzene rings is 1. The first-order valence-corrected chi connectivity index (χ1v) is 7.97. The zero-order chi connectivity index (χ0) is 16.8. The van der Waals surface area contributed by atoms with E-state index in [0.29, 0.717) is 42.5 Å². The normalized spacial score (nSPS) is 10.7. The molecule has 2 heterocycles. The van der Waals surface area contributed by atoms with Crippen molar-refractivity contribution in [3.63, 3.8) is 0 Å². The molecule has 1 N–H and O–H groups in total. The van der Waals surface area contributed by atoms with Gasteiger partial charge in [0.1, 0.15) is 5.76 Å². The average molecular weight is 346 g/mol. The van der Waals surface area contributed by atoms with E-state index in [0.717, 1.165) is 11.3 Å². The molecule has 0 spiro atoms. The number of hydrogen-bond acceptors (Lipinski definition) is 5. The standard InChI is InChI=1S/C17H16ClN3O3/c18-14-7-2-1-6-13(14)17-20-16(24-21-17)9-3-8-15(22)19-11-12-5-4-10-23-12/h1-2,4-7,10H,3,8-9,11H2,(H,19,22). The highest BCUT2D eigenvalue weighted by Crippen LogP contribution is 2.25. The molecular weight excluding hydrogens is 330 g/mol. The van der Waals surface area contributed by atoms with Crippen LogP contribution in [0.15, 0.2) is 51.6 Å². The monoisotopic (exact) mass is 345 g/mol. The number of aryl methyl sites for hydroxylation is 1. The van der Waals surface area contributed by atoms with Crippen LogP contribution in [0.25, 0.3) is 11.4 Å². The molecule has 0 radical (unpaired) electrons. The Labute approximate surface area is 143 Å². The SMILES string of the molecule is O=C(CCCc1nc(-c2ccccc2Cl)no1)NCc1ccco1. The first-order chi connectivity index (χ1) is 11.7. The third-order valence-corrected chi connectivity index (χ3v) is 3.75. The summed E-state index contributed by atoms with van der Waals surface area (Å²) in [6.45, 7) is 0.392. The molecule has 0 unspecified atom stereocenters. The Hall–Kier alpha value is -2.60. The zero-order valence-electron chi connectivity index (χ0n) is 12.9. The summed E-state index contributed by atoms with van der Waals surface area (Å²) in [5.74, 6) is 1.63. The van der Waals surface area contributed by atoms with Gasteiger partial charge in [0.15, 0.2) is 0 Å². The van der Waals surface area contributed by atoms with E-state index < -0.39 is 0 Å². The lowest BCUT2D eigenvalue weighted by Gasteiger charge is -2.01. The van der Waals surface area contributed by atoms with Gasteiger partial charge in [-0.3, -0.25) is 4.79 Å². The molecule has 124 valence electrons.